The summed E-state index contributed by atoms with van der Waals surface area (Å²) in [6, 6.07) is 5.21. The molecule has 1 aromatic carbocycles. The number of nitrogens with zero attached hydrogens (tertiary/aromatic N) is 2. The molecule has 20 heavy (non-hydrogen) atoms. The van der Waals surface area contributed by atoms with E-state index in [9.17, 15) is 13.2 Å². The molecular formula is C14H16F3N3. The van der Waals surface area contributed by atoms with E-state index in [4.69, 9.17) is 0 Å². The maximum Gasteiger partial charge on any atom is 0.416 e. The van der Waals surface area contributed by atoms with Crippen molar-refractivity contribution in [2.24, 2.45) is 0 Å². The number of benzene rings is 1. The average Bonchev–Trinajstić information content (AvgIpc) is 2.81. The van der Waals surface area contributed by atoms with Crippen molar-refractivity contribution in [3.63, 3.8) is 0 Å². The van der Waals surface area contributed by atoms with Gasteiger partial charge in [-0.05, 0) is 31.7 Å². The average molecular weight is 283 g/mol. The Labute approximate surface area is 115 Å². The van der Waals surface area contributed by atoms with Gasteiger partial charge in [0.25, 0.3) is 0 Å². The topological polar surface area (TPSA) is 29.9 Å². The minimum atomic E-state index is -4.34. The Kier molecular flexibility index (Phi) is 4.13. The van der Waals surface area contributed by atoms with E-state index in [1.165, 1.54) is 6.07 Å². The maximum absolute atomic E-state index is 12.8. The summed E-state index contributed by atoms with van der Waals surface area (Å²) < 4.78 is 39.8. The second-order valence-electron chi connectivity index (χ2n) is 4.46. The molecule has 0 spiro atoms. The number of halogens is 3. The fraction of sp³-hybridized carbons (Fsp3) is 0.357. The molecule has 1 aromatic heterocycles. The van der Waals surface area contributed by atoms with Crippen LogP contribution in [-0.2, 0) is 19.1 Å². The zero-order valence-electron chi connectivity index (χ0n) is 11.3. The largest absolute Gasteiger partial charge is 0.416 e. The zero-order chi connectivity index (χ0) is 14.8. The molecule has 0 aliphatic carbocycles. The van der Waals surface area contributed by atoms with Gasteiger partial charge in [-0.2, -0.15) is 18.3 Å². The summed E-state index contributed by atoms with van der Waals surface area (Å²) in [5.74, 6) is 0. The highest BCUT2D eigenvalue weighted by Crippen LogP contribution is 2.30. The standard InChI is InChI=1S/C14H16F3N3/c1-3-13-10(8-18-2)9-19-20(13)12-6-4-5-11(7-12)14(15,16)17/h4-7,9,18H,3,8H2,1-2H3. The number of alkyl halides is 3. The summed E-state index contributed by atoms with van der Waals surface area (Å²) in [5.41, 5.74) is 1.67. The lowest BCUT2D eigenvalue weighted by atomic mass is 10.1. The van der Waals surface area contributed by atoms with Crippen molar-refractivity contribution < 1.29 is 13.2 Å². The van der Waals surface area contributed by atoms with Crippen molar-refractivity contribution in [2.75, 3.05) is 7.05 Å². The van der Waals surface area contributed by atoms with Crippen molar-refractivity contribution in [2.45, 2.75) is 26.1 Å². The minimum absolute atomic E-state index is 0.430. The molecule has 1 N–H and O–H groups in total. The van der Waals surface area contributed by atoms with Gasteiger partial charge in [0.2, 0.25) is 0 Å². The molecule has 0 aliphatic rings. The first-order chi connectivity index (χ1) is 9.47. The SMILES string of the molecule is CCc1c(CNC)cnn1-c1cccc(C(F)(F)F)c1. The lowest BCUT2D eigenvalue weighted by Crippen LogP contribution is -2.10. The monoisotopic (exact) mass is 283 g/mol. The summed E-state index contributed by atoms with van der Waals surface area (Å²) in [4.78, 5) is 0. The van der Waals surface area contributed by atoms with Gasteiger partial charge in [-0.1, -0.05) is 13.0 Å². The number of rotatable bonds is 4. The van der Waals surface area contributed by atoms with Crippen molar-refractivity contribution in [3.8, 4) is 5.69 Å². The van der Waals surface area contributed by atoms with E-state index >= 15 is 0 Å². The fourth-order valence-corrected chi connectivity index (χ4v) is 2.16. The maximum atomic E-state index is 12.8. The molecule has 2 rings (SSSR count). The third-order valence-electron chi connectivity index (χ3n) is 3.08. The number of hydrogen-bond acceptors (Lipinski definition) is 2. The highest BCUT2D eigenvalue weighted by molar-refractivity contribution is 5.39. The van der Waals surface area contributed by atoms with Crippen LogP contribution in [0.1, 0.15) is 23.7 Å². The van der Waals surface area contributed by atoms with Gasteiger partial charge in [0, 0.05) is 17.8 Å². The van der Waals surface area contributed by atoms with E-state index in [0.29, 0.717) is 18.7 Å². The first-order valence-corrected chi connectivity index (χ1v) is 6.35. The zero-order valence-corrected chi connectivity index (χ0v) is 11.3. The van der Waals surface area contributed by atoms with E-state index in [0.717, 1.165) is 23.4 Å². The molecule has 6 heteroatoms. The summed E-state index contributed by atoms with van der Waals surface area (Å²) in [5, 5.41) is 7.23. The van der Waals surface area contributed by atoms with Crippen LogP contribution in [0.15, 0.2) is 30.5 Å². The minimum Gasteiger partial charge on any atom is -0.316 e. The number of hydrogen-bond donors (Lipinski definition) is 1. The highest BCUT2D eigenvalue weighted by atomic mass is 19.4. The smallest absolute Gasteiger partial charge is 0.316 e. The summed E-state index contributed by atoms with van der Waals surface area (Å²) in [6.07, 6.45) is -1.95. The molecule has 3 nitrogen and oxygen atoms in total. The van der Waals surface area contributed by atoms with Gasteiger partial charge in [0.05, 0.1) is 17.4 Å². The van der Waals surface area contributed by atoms with Gasteiger partial charge < -0.3 is 5.32 Å². The Balaban J connectivity index is 2.46. The summed E-state index contributed by atoms with van der Waals surface area (Å²) in [6.45, 7) is 2.60. The third kappa shape index (κ3) is 2.85. The molecule has 0 unspecified atom stereocenters. The predicted octanol–water partition coefficient (Wildman–Crippen LogP) is 3.17. The van der Waals surface area contributed by atoms with Crippen LogP contribution in [0.25, 0.3) is 5.69 Å². The molecule has 0 atom stereocenters. The quantitative estimate of drug-likeness (QED) is 0.934. The lowest BCUT2D eigenvalue weighted by molar-refractivity contribution is -0.137. The van der Waals surface area contributed by atoms with Crippen LogP contribution < -0.4 is 5.32 Å². The van der Waals surface area contributed by atoms with Gasteiger partial charge in [-0.3, -0.25) is 0 Å². The third-order valence-corrected chi connectivity index (χ3v) is 3.08. The molecule has 0 bridgehead atoms. The van der Waals surface area contributed by atoms with E-state index in [1.807, 2.05) is 14.0 Å². The fourth-order valence-electron chi connectivity index (χ4n) is 2.16. The van der Waals surface area contributed by atoms with Crippen LogP contribution in [0.4, 0.5) is 13.2 Å². The van der Waals surface area contributed by atoms with E-state index in [1.54, 1.807) is 16.9 Å². The second kappa shape index (κ2) is 5.66. The van der Waals surface area contributed by atoms with E-state index in [2.05, 4.69) is 10.4 Å². The van der Waals surface area contributed by atoms with Crippen LogP contribution >= 0.6 is 0 Å². The van der Waals surface area contributed by atoms with Crippen LogP contribution in [0.3, 0.4) is 0 Å². The van der Waals surface area contributed by atoms with Crippen molar-refractivity contribution >= 4 is 0 Å². The second-order valence-corrected chi connectivity index (χ2v) is 4.46. The lowest BCUT2D eigenvalue weighted by Gasteiger charge is -2.11. The first kappa shape index (κ1) is 14.6. The number of aromatic nitrogens is 2. The van der Waals surface area contributed by atoms with Crippen molar-refractivity contribution in [3.05, 3.63) is 47.3 Å². The Morgan fingerprint density at radius 1 is 1.30 bits per heavy atom. The van der Waals surface area contributed by atoms with E-state index in [-0.39, 0.29) is 0 Å². The van der Waals surface area contributed by atoms with Gasteiger partial charge in [-0.25, -0.2) is 4.68 Å². The molecule has 0 saturated carbocycles. The van der Waals surface area contributed by atoms with Gasteiger partial charge in [0.1, 0.15) is 0 Å². The molecular weight excluding hydrogens is 267 g/mol. The van der Waals surface area contributed by atoms with Gasteiger partial charge in [0.15, 0.2) is 0 Å². The Morgan fingerprint density at radius 2 is 2.05 bits per heavy atom. The van der Waals surface area contributed by atoms with Gasteiger partial charge >= 0.3 is 6.18 Å². The van der Waals surface area contributed by atoms with Gasteiger partial charge in [-0.15, -0.1) is 0 Å². The number of nitrogens with one attached hydrogen (secondary N) is 1. The summed E-state index contributed by atoms with van der Waals surface area (Å²) >= 11 is 0. The predicted molar refractivity (Wildman–Crippen MR) is 70.7 cm³/mol. The van der Waals surface area contributed by atoms with Crippen molar-refractivity contribution in [1.29, 1.82) is 0 Å². The van der Waals surface area contributed by atoms with E-state index < -0.39 is 11.7 Å². The highest BCUT2D eigenvalue weighted by Gasteiger charge is 2.30. The molecule has 2 aromatic rings. The Hall–Kier alpha value is -1.82. The molecule has 1 heterocycles. The Bertz CT molecular complexity index is 588. The van der Waals surface area contributed by atoms with Crippen LogP contribution in [-0.4, -0.2) is 16.8 Å². The van der Waals surface area contributed by atoms with Crippen molar-refractivity contribution in [1.82, 2.24) is 15.1 Å². The molecule has 0 aliphatic heterocycles. The summed E-state index contributed by atoms with van der Waals surface area (Å²) in [7, 11) is 1.82. The molecule has 0 radical (unpaired) electrons. The molecule has 0 fully saturated rings. The Morgan fingerprint density at radius 3 is 2.65 bits per heavy atom. The first-order valence-electron chi connectivity index (χ1n) is 6.35. The van der Waals surface area contributed by atoms with Crippen LogP contribution in [0.2, 0.25) is 0 Å². The van der Waals surface area contributed by atoms with Crippen LogP contribution in [0.5, 0.6) is 0 Å². The normalized spacial score (nSPS) is 11.8. The molecule has 108 valence electrons. The molecule has 0 amide bonds. The molecule has 0 saturated heterocycles. The van der Waals surface area contributed by atoms with Crippen LogP contribution in [0, 0.1) is 0 Å².